The Labute approximate surface area is 123 Å². The molecule has 20 heavy (non-hydrogen) atoms. The van der Waals surface area contributed by atoms with Crippen molar-refractivity contribution in [3.8, 4) is 0 Å². The molecule has 2 rings (SSSR count). The number of nitrogens with zero attached hydrogens (tertiary/aromatic N) is 1. The van der Waals surface area contributed by atoms with Crippen LogP contribution in [0.25, 0.3) is 0 Å². The molecule has 1 aromatic carbocycles. The van der Waals surface area contributed by atoms with E-state index in [2.05, 4.69) is 0 Å². The molecule has 1 N–H and O–H groups in total. The predicted octanol–water partition coefficient (Wildman–Crippen LogP) is 2.70. The zero-order chi connectivity index (χ0) is 14.5. The summed E-state index contributed by atoms with van der Waals surface area (Å²) < 4.78 is 0. The molecule has 0 bridgehead atoms. The topological polar surface area (TPSA) is 57.6 Å². The zero-order valence-electron chi connectivity index (χ0n) is 11.5. The molecule has 1 unspecified atom stereocenters. The normalized spacial score (nSPS) is 18.6. The maximum absolute atomic E-state index is 12.6. The van der Waals surface area contributed by atoms with Crippen LogP contribution < -0.4 is 4.90 Å². The number of hydrogen-bond acceptors (Lipinski definition) is 3. The van der Waals surface area contributed by atoms with Crippen molar-refractivity contribution in [1.29, 1.82) is 0 Å². The quantitative estimate of drug-likeness (QED) is 0.927. The number of hydrogen-bond donors (Lipinski definition) is 1. The van der Waals surface area contributed by atoms with Gasteiger partial charge in [-0.2, -0.15) is 0 Å². The second-order valence-electron chi connectivity index (χ2n) is 5.01. The summed E-state index contributed by atoms with van der Waals surface area (Å²) in [7, 11) is 0. The molecule has 5 heteroatoms. The number of amides is 1. The smallest absolute Gasteiger partial charge is 0.323 e. The molecule has 1 fully saturated rings. The standard InChI is InChI=1S/C15H19NO3S/c1-11-5-7-12(8-6-11)16(10-14(17)18)15(19)13-4-2-3-9-20-13/h5-8,13H,2-4,9-10H2,1H3,(H,17,18). The summed E-state index contributed by atoms with van der Waals surface area (Å²) in [6, 6.07) is 7.41. The van der Waals surface area contributed by atoms with Crippen LogP contribution in [0.4, 0.5) is 5.69 Å². The molecule has 0 radical (unpaired) electrons. The summed E-state index contributed by atoms with van der Waals surface area (Å²) in [6.07, 6.45) is 3.02. The number of benzene rings is 1. The van der Waals surface area contributed by atoms with Crippen molar-refractivity contribution in [1.82, 2.24) is 0 Å². The minimum atomic E-state index is -0.986. The lowest BCUT2D eigenvalue weighted by atomic mass is 10.1. The number of aryl methyl sites for hydroxylation is 1. The SMILES string of the molecule is Cc1ccc(N(CC(=O)O)C(=O)C2CCCCS2)cc1. The summed E-state index contributed by atoms with van der Waals surface area (Å²) in [5.41, 5.74) is 1.75. The van der Waals surface area contributed by atoms with Crippen LogP contribution in [0.5, 0.6) is 0 Å². The maximum Gasteiger partial charge on any atom is 0.323 e. The Bertz CT molecular complexity index is 480. The second-order valence-corrected chi connectivity index (χ2v) is 6.32. The molecule has 1 saturated heterocycles. The molecule has 0 saturated carbocycles. The first-order valence-electron chi connectivity index (χ1n) is 6.79. The Morgan fingerprint density at radius 1 is 1.30 bits per heavy atom. The Hall–Kier alpha value is -1.49. The molecule has 1 heterocycles. The Morgan fingerprint density at radius 2 is 2.00 bits per heavy atom. The van der Waals surface area contributed by atoms with Crippen molar-refractivity contribution < 1.29 is 14.7 Å². The number of aliphatic carboxylic acids is 1. The molecule has 108 valence electrons. The van der Waals surface area contributed by atoms with Crippen LogP contribution in [0, 0.1) is 6.92 Å². The average molecular weight is 293 g/mol. The van der Waals surface area contributed by atoms with Gasteiger partial charge in [-0.1, -0.05) is 24.1 Å². The van der Waals surface area contributed by atoms with E-state index in [-0.39, 0.29) is 17.7 Å². The highest BCUT2D eigenvalue weighted by Crippen LogP contribution is 2.28. The highest BCUT2D eigenvalue weighted by atomic mass is 32.2. The van der Waals surface area contributed by atoms with Crippen LogP contribution >= 0.6 is 11.8 Å². The third-order valence-corrected chi connectivity index (χ3v) is 4.72. The van der Waals surface area contributed by atoms with Gasteiger partial charge in [-0.25, -0.2) is 0 Å². The van der Waals surface area contributed by atoms with Gasteiger partial charge in [0.05, 0.1) is 5.25 Å². The fourth-order valence-electron chi connectivity index (χ4n) is 2.27. The Morgan fingerprint density at radius 3 is 2.55 bits per heavy atom. The average Bonchev–Trinajstić information content (AvgIpc) is 2.46. The van der Waals surface area contributed by atoms with E-state index < -0.39 is 5.97 Å². The van der Waals surface area contributed by atoms with Gasteiger partial charge in [0.2, 0.25) is 5.91 Å². The monoisotopic (exact) mass is 293 g/mol. The fraction of sp³-hybridized carbons (Fsp3) is 0.467. The van der Waals surface area contributed by atoms with Crippen molar-refractivity contribution in [3.63, 3.8) is 0 Å². The minimum Gasteiger partial charge on any atom is -0.480 e. The molecule has 1 atom stereocenters. The largest absolute Gasteiger partial charge is 0.480 e. The zero-order valence-corrected chi connectivity index (χ0v) is 12.4. The summed E-state index contributed by atoms with van der Waals surface area (Å²) in [5, 5.41) is 8.94. The summed E-state index contributed by atoms with van der Waals surface area (Å²) in [6.45, 7) is 1.68. The first-order chi connectivity index (χ1) is 9.58. The Kier molecular flexibility index (Phi) is 5.06. The first-order valence-corrected chi connectivity index (χ1v) is 7.84. The number of carbonyl (C=O) groups excluding carboxylic acids is 1. The molecular formula is C15H19NO3S. The van der Waals surface area contributed by atoms with Gasteiger partial charge in [-0.3, -0.25) is 9.59 Å². The van der Waals surface area contributed by atoms with E-state index in [0.29, 0.717) is 5.69 Å². The number of thioether (sulfide) groups is 1. The summed E-state index contributed by atoms with van der Waals surface area (Å²) in [4.78, 5) is 25.0. The van der Waals surface area contributed by atoms with Gasteiger partial charge in [0.25, 0.3) is 0 Å². The van der Waals surface area contributed by atoms with Gasteiger partial charge in [0, 0.05) is 5.69 Å². The van der Waals surface area contributed by atoms with Crippen molar-refractivity contribution in [2.75, 3.05) is 17.2 Å². The lowest BCUT2D eigenvalue weighted by Gasteiger charge is -2.28. The molecule has 4 nitrogen and oxygen atoms in total. The third kappa shape index (κ3) is 3.76. The van der Waals surface area contributed by atoms with Crippen LogP contribution in [0.15, 0.2) is 24.3 Å². The molecule has 0 spiro atoms. The van der Waals surface area contributed by atoms with E-state index in [4.69, 9.17) is 5.11 Å². The lowest BCUT2D eigenvalue weighted by molar-refractivity contribution is -0.136. The van der Waals surface area contributed by atoms with Gasteiger partial charge in [0.15, 0.2) is 0 Å². The predicted molar refractivity (Wildman–Crippen MR) is 81.3 cm³/mol. The first kappa shape index (κ1) is 14.9. The summed E-state index contributed by atoms with van der Waals surface area (Å²) in [5.74, 6) is -0.0914. The molecule has 1 aliphatic rings. The fourth-order valence-corrected chi connectivity index (χ4v) is 3.52. The molecule has 0 aliphatic carbocycles. The maximum atomic E-state index is 12.6. The molecule has 1 aromatic rings. The highest BCUT2D eigenvalue weighted by molar-refractivity contribution is 8.00. The van der Waals surface area contributed by atoms with Crippen LogP contribution in [0.1, 0.15) is 24.8 Å². The summed E-state index contributed by atoms with van der Waals surface area (Å²) >= 11 is 1.64. The van der Waals surface area contributed by atoms with Gasteiger partial charge >= 0.3 is 5.97 Å². The van der Waals surface area contributed by atoms with E-state index >= 15 is 0 Å². The number of carboxylic acid groups (broad SMARTS) is 1. The van der Waals surface area contributed by atoms with Crippen molar-refractivity contribution in [2.24, 2.45) is 0 Å². The van der Waals surface area contributed by atoms with E-state index in [9.17, 15) is 9.59 Å². The van der Waals surface area contributed by atoms with Crippen molar-refractivity contribution >= 4 is 29.3 Å². The van der Waals surface area contributed by atoms with Crippen LogP contribution in [-0.4, -0.2) is 34.5 Å². The highest BCUT2D eigenvalue weighted by Gasteiger charge is 2.28. The number of carbonyl (C=O) groups is 2. The van der Waals surface area contributed by atoms with E-state index in [1.54, 1.807) is 11.8 Å². The lowest BCUT2D eigenvalue weighted by Crippen LogP contribution is -2.42. The second kappa shape index (κ2) is 6.79. The van der Waals surface area contributed by atoms with Gasteiger partial charge < -0.3 is 10.0 Å². The molecule has 1 amide bonds. The number of carboxylic acids is 1. The van der Waals surface area contributed by atoms with Crippen LogP contribution in [-0.2, 0) is 9.59 Å². The van der Waals surface area contributed by atoms with E-state index in [1.807, 2.05) is 31.2 Å². The van der Waals surface area contributed by atoms with Crippen molar-refractivity contribution in [2.45, 2.75) is 31.4 Å². The minimum absolute atomic E-state index is 0.0825. The Balaban J connectivity index is 2.19. The van der Waals surface area contributed by atoms with Crippen LogP contribution in [0.3, 0.4) is 0 Å². The number of rotatable bonds is 4. The van der Waals surface area contributed by atoms with Gasteiger partial charge in [-0.05, 0) is 37.7 Å². The molecule has 0 aromatic heterocycles. The van der Waals surface area contributed by atoms with Crippen molar-refractivity contribution in [3.05, 3.63) is 29.8 Å². The molecule has 1 aliphatic heterocycles. The van der Waals surface area contributed by atoms with E-state index in [1.165, 1.54) is 4.90 Å². The van der Waals surface area contributed by atoms with Crippen LogP contribution in [0.2, 0.25) is 0 Å². The van der Waals surface area contributed by atoms with Gasteiger partial charge in [0.1, 0.15) is 6.54 Å². The molecular weight excluding hydrogens is 274 g/mol. The third-order valence-electron chi connectivity index (χ3n) is 3.36. The number of anilines is 1. The van der Waals surface area contributed by atoms with Gasteiger partial charge in [-0.15, -0.1) is 11.8 Å². The van der Waals surface area contributed by atoms with E-state index in [0.717, 1.165) is 30.6 Å².